The number of imidazole rings is 1. The second-order valence-corrected chi connectivity index (χ2v) is 4.25. The number of piperidine rings is 1. The van der Waals surface area contributed by atoms with E-state index in [1.807, 2.05) is 29.2 Å². The van der Waals surface area contributed by atoms with Crippen LogP contribution >= 0.6 is 0 Å². The summed E-state index contributed by atoms with van der Waals surface area (Å²) in [5, 5.41) is 2.26. The van der Waals surface area contributed by atoms with Gasteiger partial charge in [-0.25, -0.2) is 14.7 Å². The molecular weight excluding hydrogens is 200 g/mol. The maximum absolute atomic E-state index is 4.36. The molecule has 0 unspecified atom stereocenters. The number of benzene rings is 1. The topological polar surface area (TPSA) is 33.1 Å². The molecule has 4 heteroatoms. The molecule has 1 aliphatic rings. The van der Waals surface area contributed by atoms with E-state index in [1.54, 1.807) is 0 Å². The second-order valence-electron chi connectivity index (χ2n) is 4.25. The first kappa shape index (κ1) is 9.66. The molecule has 16 heavy (non-hydrogen) atoms. The molecule has 1 fully saturated rings. The third-order valence-corrected chi connectivity index (χ3v) is 3.06. The number of hydrazine groups is 1. The minimum atomic E-state index is 1.03. The van der Waals surface area contributed by atoms with Crippen LogP contribution in [0.4, 0.5) is 0 Å². The van der Waals surface area contributed by atoms with Crippen molar-refractivity contribution in [2.45, 2.75) is 19.3 Å². The summed E-state index contributed by atoms with van der Waals surface area (Å²) in [7, 11) is 0. The summed E-state index contributed by atoms with van der Waals surface area (Å²) in [5.74, 6) is 0. The van der Waals surface area contributed by atoms with Crippen molar-refractivity contribution in [1.82, 2.24) is 14.7 Å². The summed E-state index contributed by atoms with van der Waals surface area (Å²) >= 11 is 0. The first-order valence-electron chi connectivity index (χ1n) is 5.87. The highest BCUT2D eigenvalue weighted by molar-refractivity contribution is 5.75. The Labute approximate surface area is 94.8 Å². The largest absolute Gasteiger partial charge is 0.255 e. The molecular formula is C12H16N4. The highest BCUT2D eigenvalue weighted by Gasteiger charge is 2.10. The van der Waals surface area contributed by atoms with Gasteiger partial charge < -0.3 is 0 Å². The van der Waals surface area contributed by atoms with E-state index >= 15 is 0 Å². The van der Waals surface area contributed by atoms with Gasteiger partial charge in [-0.1, -0.05) is 18.6 Å². The lowest BCUT2D eigenvalue weighted by Crippen LogP contribution is -2.39. The smallest absolute Gasteiger partial charge is 0.117 e. The molecule has 1 aliphatic heterocycles. The molecule has 0 saturated carbocycles. The molecule has 0 spiro atoms. The lowest BCUT2D eigenvalue weighted by molar-refractivity contribution is 0.244. The Morgan fingerprint density at radius 3 is 2.75 bits per heavy atom. The highest BCUT2D eigenvalue weighted by Crippen LogP contribution is 2.12. The molecule has 2 aromatic rings. The van der Waals surface area contributed by atoms with Gasteiger partial charge in [-0.05, 0) is 25.0 Å². The summed E-state index contributed by atoms with van der Waals surface area (Å²) < 4.78 is 2.00. The zero-order chi connectivity index (χ0) is 10.8. The van der Waals surface area contributed by atoms with E-state index in [-0.39, 0.29) is 0 Å². The Bertz CT molecular complexity index is 471. The number of hydrogen-bond acceptors (Lipinski definition) is 3. The van der Waals surface area contributed by atoms with Gasteiger partial charge in [0.15, 0.2) is 0 Å². The van der Waals surface area contributed by atoms with Crippen molar-refractivity contribution in [1.29, 1.82) is 0 Å². The van der Waals surface area contributed by atoms with Crippen LogP contribution in [0.2, 0.25) is 0 Å². The van der Waals surface area contributed by atoms with Crippen molar-refractivity contribution in [3.8, 4) is 0 Å². The minimum Gasteiger partial charge on any atom is -0.255 e. The summed E-state index contributed by atoms with van der Waals surface area (Å²) in [6.45, 7) is 2.24. The maximum atomic E-state index is 4.36. The number of para-hydroxylation sites is 2. The Balaban J connectivity index is 1.83. The van der Waals surface area contributed by atoms with Crippen molar-refractivity contribution in [2.75, 3.05) is 18.6 Å². The fourth-order valence-corrected chi connectivity index (χ4v) is 2.19. The second kappa shape index (κ2) is 4.14. The standard InChI is InChI=1S/C12H16N4/c1-4-8-15(9-5-1)14-16-10-13-11-6-2-3-7-12(11)16/h2-3,6-7,10,14H,1,4-5,8-9H2. The molecule has 4 nitrogen and oxygen atoms in total. The number of rotatable bonds is 2. The number of nitrogens with one attached hydrogen (secondary N) is 1. The van der Waals surface area contributed by atoms with E-state index in [0.717, 1.165) is 24.1 Å². The molecule has 0 bridgehead atoms. The first-order valence-corrected chi connectivity index (χ1v) is 5.87. The van der Waals surface area contributed by atoms with Gasteiger partial charge in [0.2, 0.25) is 0 Å². The van der Waals surface area contributed by atoms with Crippen molar-refractivity contribution in [3.05, 3.63) is 30.6 Å². The number of nitrogens with zero attached hydrogens (tertiary/aromatic N) is 3. The fourth-order valence-electron chi connectivity index (χ4n) is 2.19. The number of aromatic nitrogens is 2. The molecule has 0 radical (unpaired) electrons. The SMILES string of the molecule is c1ccc2c(c1)ncn2NN1CCCCC1. The average molecular weight is 216 g/mol. The molecule has 1 saturated heterocycles. The third kappa shape index (κ3) is 1.76. The Morgan fingerprint density at radius 2 is 1.88 bits per heavy atom. The van der Waals surface area contributed by atoms with Crippen LogP contribution in [-0.4, -0.2) is 27.8 Å². The molecule has 2 heterocycles. The Hall–Kier alpha value is -1.55. The zero-order valence-corrected chi connectivity index (χ0v) is 9.26. The maximum Gasteiger partial charge on any atom is 0.117 e. The van der Waals surface area contributed by atoms with Gasteiger partial charge in [0.25, 0.3) is 0 Å². The van der Waals surface area contributed by atoms with Gasteiger partial charge in [0, 0.05) is 13.1 Å². The minimum absolute atomic E-state index is 1.03. The average Bonchev–Trinajstić information content (AvgIpc) is 2.74. The van der Waals surface area contributed by atoms with Gasteiger partial charge in [-0.15, -0.1) is 0 Å². The van der Waals surface area contributed by atoms with E-state index in [4.69, 9.17) is 0 Å². The van der Waals surface area contributed by atoms with Crippen molar-refractivity contribution in [2.24, 2.45) is 0 Å². The van der Waals surface area contributed by atoms with E-state index in [1.165, 1.54) is 19.3 Å². The normalized spacial score (nSPS) is 17.8. The van der Waals surface area contributed by atoms with Crippen LogP contribution in [0.15, 0.2) is 30.6 Å². The van der Waals surface area contributed by atoms with Crippen LogP contribution in [0.1, 0.15) is 19.3 Å². The summed E-state index contributed by atoms with van der Waals surface area (Å²) in [4.78, 5) is 4.36. The van der Waals surface area contributed by atoms with E-state index < -0.39 is 0 Å². The molecule has 0 atom stereocenters. The van der Waals surface area contributed by atoms with Gasteiger partial charge in [0.05, 0.1) is 11.0 Å². The molecule has 0 aliphatic carbocycles. The van der Waals surface area contributed by atoms with Crippen LogP contribution in [0.5, 0.6) is 0 Å². The molecule has 84 valence electrons. The van der Waals surface area contributed by atoms with Crippen LogP contribution in [0.25, 0.3) is 11.0 Å². The summed E-state index contributed by atoms with van der Waals surface area (Å²) in [6.07, 6.45) is 5.75. The van der Waals surface area contributed by atoms with E-state index in [2.05, 4.69) is 21.6 Å². The monoisotopic (exact) mass is 216 g/mol. The highest BCUT2D eigenvalue weighted by atomic mass is 15.7. The van der Waals surface area contributed by atoms with E-state index in [9.17, 15) is 0 Å². The number of hydrogen-bond donors (Lipinski definition) is 1. The van der Waals surface area contributed by atoms with E-state index in [0.29, 0.717) is 0 Å². The van der Waals surface area contributed by atoms with Gasteiger partial charge in [-0.2, -0.15) is 0 Å². The lowest BCUT2D eigenvalue weighted by Gasteiger charge is -2.28. The zero-order valence-electron chi connectivity index (χ0n) is 9.26. The third-order valence-electron chi connectivity index (χ3n) is 3.06. The Morgan fingerprint density at radius 1 is 1.06 bits per heavy atom. The molecule has 1 N–H and O–H groups in total. The molecule has 0 amide bonds. The summed E-state index contributed by atoms with van der Waals surface area (Å²) in [5.41, 5.74) is 5.56. The van der Waals surface area contributed by atoms with Crippen LogP contribution in [-0.2, 0) is 0 Å². The first-order chi connectivity index (χ1) is 7.93. The predicted octanol–water partition coefficient (Wildman–Crippen LogP) is 1.98. The van der Waals surface area contributed by atoms with Crippen LogP contribution in [0, 0.1) is 0 Å². The molecule has 1 aromatic carbocycles. The lowest BCUT2D eigenvalue weighted by atomic mass is 10.2. The number of fused-ring (bicyclic) bond motifs is 1. The quantitative estimate of drug-likeness (QED) is 0.833. The van der Waals surface area contributed by atoms with Gasteiger partial charge in [-0.3, -0.25) is 5.53 Å². The van der Waals surface area contributed by atoms with Gasteiger partial charge >= 0.3 is 0 Å². The van der Waals surface area contributed by atoms with Crippen LogP contribution < -0.4 is 5.53 Å². The fraction of sp³-hybridized carbons (Fsp3) is 0.417. The predicted molar refractivity (Wildman–Crippen MR) is 64.5 cm³/mol. The van der Waals surface area contributed by atoms with Gasteiger partial charge in [0.1, 0.15) is 6.33 Å². The Kier molecular flexibility index (Phi) is 2.50. The van der Waals surface area contributed by atoms with Crippen molar-refractivity contribution >= 4 is 11.0 Å². The van der Waals surface area contributed by atoms with Crippen molar-refractivity contribution in [3.63, 3.8) is 0 Å². The molecule has 1 aromatic heterocycles. The van der Waals surface area contributed by atoms with Crippen LogP contribution in [0.3, 0.4) is 0 Å². The van der Waals surface area contributed by atoms with Crippen molar-refractivity contribution < 1.29 is 0 Å². The summed E-state index contributed by atoms with van der Waals surface area (Å²) in [6, 6.07) is 8.17. The molecule has 3 rings (SSSR count).